The molecule has 4 nitrogen and oxygen atoms in total. The minimum absolute atomic E-state index is 0.115. The molecule has 1 aliphatic heterocycles. The number of amides is 1. The number of nitrogens with one attached hydrogen (secondary N) is 2. The van der Waals surface area contributed by atoms with E-state index in [1.807, 2.05) is 6.92 Å². The zero-order valence-corrected chi connectivity index (χ0v) is 10.5. The number of carbonyl (C=O) groups excluding carboxylic acids is 1. The second kappa shape index (κ2) is 4.76. The first kappa shape index (κ1) is 12.5. The zero-order valence-electron chi connectivity index (χ0n) is 10.5. The van der Waals surface area contributed by atoms with Gasteiger partial charge in [-0.25, -0.2) is 4.39 Å². The minimum atomic E-state index is -0.423. The Kier molecular flexibility index (Phi) is 3.32. The highest BCUT2D eigenvalue weighted by Crippen LogP contribution is 2.25. The van der Waals surface area contributed by atoms with E-state index in [1.54, 1.807) is 17.9 Å². The van der Waals surface area contributed by atoms with Crippen LogP contribution in [0.15, 0.2) is 18.2 Å². The number of carbonyl (C=O) groups is 1. The Bertz CT molecular complexity index is 501. The Morgan fingerprint density at radius 2 is 2.33 bits per heavy atom. The van der Waals surface area contributed by atoms with Crippen LogP contribution >= 0.6 is 0 Å². The van der Waals surface area contributed by atoms with Gasteiger partial charge in [-0.1, -0.05) is 6.07 Å². The smallest absolute Gasteiger partial charge is 0.242 e. The van der Waals surface area contributed by atoms with Gasteiger partial charge in [0.05, 0.1) is 0 Å². The van der Waals surface area contributed by atoms with Crippen LogP contribution in [0.2, 0.25) is 0 Å². The van der Waals surface area contributed by atoms with Crippen LogP contribution in [0.25, 0.3) is 0 Å². The van der Waals surface area contributed by atoms with Crippen LogP contribution in [0.3, 0.4) is 0 Å². The molecule has 0 radical (unpaired) electrons. The molecule has 0 bridgehead atoms. The second-order valence-electron chi connectivity index (χ2n) is 4.35. The van der Waals surface area contributed by atoms with Crippen molar-refractivity contribution in [1.82, 2.24) is 10.2 Å². The molecule has 0 saturated carbocycles. The van der Waals surface area contributed by atoms with Gasteiger partial charge in [0.25, 0.3) is 0 Å². The molecule has 5 heteroatoms. The van der Waals surface area contributed by atoms with E-state index in [1.165, 1.54) is 12.1 Å². The third-order valence-electron chi connectivity index (χ3n) is 3.15. The van der Waals surface area contributed by atoms with Gasteiger partial charge in [0, 0.05) is 18.7 Å². The number of hydrogen-bond donors (Lipinski definition) is 2. The lowest BCUT2D eigenvalue weighted by molar-refractivity contribution is -0.124. The first-order chi connectivity index (χ1) is 8.54. The van der Waals surface area contributed by atoms with Gasteiger partial charge in [0.2, 0.25) is 5.91 Å². The largest absolute Gasteiger partial charge is 0.355 e. The number of rotatable bonds is 3. The standard InChI is InChI=1S/C13H16FN3O/c1-3-16-13(18)8(2)17-7-9-4-5-10(14)6-11(9)12(17)15/h4-6,8,15H,3,7H2,1-2H3,(H,16,18). The highest BCUT2D eigenvalue weighted by molar-refractivity contribution is 6.02. The van der Waals surface area contributed by atoms with E-state index in [0.717, 1.165) is 5.56 Å². The molecule has 2 rings (SSSR count). The van der Waals surface area contributed by atoms with Gasteiger partial charge >= 0.3 is 0 Å². The summed E-state index contributed by atoms with van der Waals surface area (Å²) in [4.78, 5) is 13.4. The Labute approximate surface area is 105 Å². The van der Waals surface area contributed by atoms with Crippen molar-refractivity contribution in [2.45, 2.75) is 26.4 Å². The maximum atomic E-state index is 13.1. The molecule has 1 amide bonds. The highest BCUT2D eigenvalue weighted by atomic mass is 19.1. The molecule has 1 heterocycles. The van der Waals surface area contributed by atoms with E-state index >= 15 is 0 Å². The van der Waals surface area contributed by atoms with E-state index in [4.69, 9.17) is 5.41 Å². The van der Waals surface area contributed by atoms with Crippen molar-refractivity contribution in [3.63, 3.8) is 0 Å². The van der Waals surface area contributed by atoms with Crippen LogP contribution in [0.1, 0.15) is 25.0 Å². The number of halogens is 1. The predicted molar refractivity (Wildman–Crippen MR) is 66.9 cm³/mol. The van der Waals surface area contributed by atoms with Crippen molar-refractivity contribution in [2.24, 2.45) is 0 Å². The molecule has 1 aromatic carbocycles. The maximum Gasteiger partial charge on any atom is 0.242 e. The van der Waals surface area contributed by atoms with E-state index in [-0.39, 0.29) is 17.6 Å². The van der Waals surface area contributed by atoms with Gasteiger partial charge in [-0.3, -0.25) is 10.2 Å². The molecule has 0 fully saturated rings. The number of amidine groups is 1. The Morgan fingerprint density at radius 3 is 3.00 bits per heavy atom. The topological polar surface area (TPSA) is 56.2 Å². The third kappa shape index (κ3) is 2.08. The Morgan fingerprint density at radius 1 is 1.61 bits per heavy atom. The van der Waals surface area contributed by atoms with Crippen LogP contribution in [0.5, 0.6) is 0 Å². The number of fused-ring (bicyclic) bond motifs is 1. The average molecular weight is 249 g/mol. The predicted octanol–water partition coefficient (Wildman–Crippen LogP) is 1.49. The molecule has 0 aliphatic carbocycles. The molecule has 1 atom stereocenters. The third-order valence-corrected chi connectivity index (χ3v) is 3.15. The number of likely N-dealkylation sites (N-methyl/N-ethyl adjacent to an activating group) is 1. The summed E-state index contributed by atoms with van der Waals surface area (Å²) in [6.07, 6.45) is 0. The van der Waals surface area contributed by atoms with Crippen molar-refractivity contribution >= 4 is 11.7 Å². The highest BCUT2D eigenvalue weighted by Gasteiger charge is 2.31. The number of nitrogens with zero attached hydrogens (tertiary/aromatic N) is 1. The van der Waals surface area contributed by atoms with Gasteiger partial charge in [0.1, 0.15) is 17.7 Å². The molecular formula is C13H16FN3O. The molecular weight excluding hydrogens is 233 g/mol. The SMILES string of the molecule is CCNC(=O)C(C)N1Cc2ccc(F)cc2C1=N. The van der Waals surface area contributed by atoms with Crippen molar-refractivity contribution in [1.29, 1.82) is 5.41 Å². The Balaban J connectivity index is 2.21. The quantitative estimate of drug-likeness (QED) is 0.852. The van der Waals surface area contributed by atoms with Crippen LogP contribution in [-0.4, -0.2) is 29.2 Å². The van der Waals surface area contributed by atoms with Crippen LogP contribution in [0, 0.1) is 11.2 Å². The summed E-state index contributed by atoms with van der Waals surface area (Å²) < 4.78 is 13.1. The van der Waals surface area contributed by atoms with Crippen LogP contribution in [-0.2, 0) is 11.3 Å². The van der Waals surface area contributed by atoms with Crippen LogP contribution < -0.4 is 5.32 Å². The molecule has 2 N–H and O–H groups in total. The summed E-state index contributed by atoms with van der Waals surface area (Å²) in [5.74, 6) is -0.259. The van der Waals surface area contributed by atoms with Gasteiger partial charge < -0.3 is 10.2 Å². The molecule has 18 heavy (non-hydrogen) atoms. The monoisotopic (exact) mass is 249 g/mol. The van der Waals surface area contributed by atoms with Gasteiger partial charge in [-0.15, -0.1) is 0 Å². The summed E-state index contributed by atoms with van der Waals surface area (Å²) in [5, 5.41) is 10.7. The van der Waals surface area contributed by atoms with Gasteiger partial charge in [-0.2, -0.15) is 0 Å². The first-order valence-corrected chi connectivity index (χ1v) is 5.96. The summed E-state index contributed by atoms with van der Waals surface area (Å²) in [5.41, 5.74) is 1.46. The molecule has 1 aromatic rings. The van der Waals surface area contributed by atoms with Crippen LogP contribution in [0.4, 0.5) is 4.39 Å². The molecule has 1 unspecified atom stereocenters. The lowest BCUT2D eigenvalue weighted by atomic mass is 10.1. The summed E-state index contributed by atoms with van der Waals surface area (Å²) in [6, 6.07) is 3.98. The number of benzene rings is 1. The lowest BCUT2D eigenvalue weighted by Crippen LogP contribution is -2.45. The molecule has 96 valence electrons. The normalized spacial score (nSPS) is 15.5. The van der Waals surface area contributed by atoms with E-state index in [9.17, 15) is 9.18 Å². The fraction of sp³-hybridized carbons (Fsp3) is 0.385. The lowest BCUT2D eigenvalue weighted by Gasteiger charge is -2.24. The van der Waals surface area contributed by atoms with Crippen molar-refractivity contribution < 1.29 is 9.18 Å². The summed E-state index contributed by atoms with van der Waals surface area (Å²) in [7, 11) is 0. The van der Waals surface area contributed by atoms with Gasteiger partial charge in [0.15, 0.2) is 0 Å². The minimum Gasteiger partial charge on any atom is -0.355 e. The van der Waals surface area contributed by atoms with E-state index in [0.29, 0.717) is 18.7 Å². The maximum absolute atomic E-state index is 13.1. The fourth-order valence-corrected chi connectivity index (χ4v) is 2.12. The Hall–Kier alpha value is -1.91. The number of hydrogen-bond acceptors (Lipinski definition) is 2. The molecule has 0 saturated heterocycles. The summed E-state index contributed by atoms with van der Waals surface area (Å²) >= 11 is 0. The second-order valence-corrected chi connectivity index (χ2v) is 4.35. The van der Waals surface area contributed by atoms with E-state index in [2.05, 4.69) is 5.32 Å². The van der Waals surface area contributed by atoms with E-state index < -0.39 is 6.04 Å². The zero-order chi connectivity index (χ0) is 13.3. The average Bonchev–Trinajstić information content (AvgIpc) is 2.66. The molecule has 0 spiro atoms. The van der Waals surface area contributed by atoms with Gasteiger partial charge in [-0.05, 0) is 31.5 Å². The molecule has 1 aliphatic rings. The summed E-state index contributed by atoms with van der Waals surface area (Å²) in [6.45, 7) is 4.64. The van der Waals surface area contributed by atoms with Crippen molar-refractivity contribution in [2.75, 3.05) is 6.54 Å². The fourth-order valence-electron chi connectivity index (χ4n) is 2.12. The van der Waals surface area contributed by atoms with Crippen molar-refractivity contribution in [3.05, 3.63) is 35.1 Å². The first-order valence-electron chi connectivity index (χ1n) is 5.96. The molecule has 0 aromatic heterocycles. The van der Waals surface area contributed by atoms with Crippen molar-refractivity contribution in [3.8, 4) is 0 Å².